The highest BCUT2D eigenvalue weighted by Gasteiger charge is 2.16. The number of hydrogen-bond acceptors (Lipinski definition) is 5. The van der Waals surface area contributed by atoms with E-state index in [-0.39, 0.29) is 27.6 Å². The van der Waals surface area contributed by atoms with Gasteiger partial charge in [0.05, 0.1) is 7.11 Å². The summed E-state index contributed by atoms with van der Waals surface area (Å²) in [5, 5.41) is 9.81. The third-order valence-electron chi connectivity index (χ3n) is 2.99. The van der Waals surface area contributed by atoms with Gasteiger partial charge in [-0.25, -0.2) is 9.18 Å². The molecule has 0 radical (unpaired) electrons. The molecule has 2 aromatic rings. The fourth-order valence-corrected chi connectivity index (χ4v) is 1.98. The maximum atomic E-state index is 13.5. The number of methoxy groups -OCH3 is 1. The van der Waals surface area contributed by atoms with E-state index < -0.39 is 24.2 Å². The predicted octanol–water partition coefficient (Wildman–Crippen LogP) is 3.23. The van der Waals surface area contributed by atoms with Crippen LogP contribution in [0.2, 0.25) is 5.02 Å². The average Bonchev–Trinajstić information content (AvgIpc) is 2.54. The average molecular weight is 339 g/mol. The van der Waals surface area contributed by atoms with Crippen molar-refractivity contribution in [1.82, 2.24) is 0 Å². The molecule has 120 valence electrons. The number of hydrogen-bond donors (Lipinski definition) is 1. The zero-order valence-electron chi connectivity index (χ0n) is 12.0. The lowest BCUT2D eigenvalue weighted by atomic mass is 10.1. The molecule has 0 unspecified atom stereocenters. The number of carbonyl (C=O) groups is 2. The summed E-state index contributed by atoms with van der Waals surface area (Å²) < 4.78 is 23.1. The molecule has 0 saturated carbocycles. The number of aromatic hydroxyl groups is 1. The number of benzene rings is 2. The molecular formula is C16H12ClFO5. The molecule has 0 saturated heterocycles. The first kappa shape index (κ1) is 16.8. The Morgan fingerprint density at radius 2 is 1.96 bits per heavy atom. The summed E-state index contributed by atoms with van der Waals surface area (Å²) in [6.07, 6.45) is 0. The van der Waals surface area contributed by atoms with Gasteiger partial charge in [0.2, 0.25) is 0 Å². The van der Waals surface area contributed by atoms with Crippen LogP contribution in [0, 0.1) is 5.82 Å². The number of Topliss-reactive ketones (excluding diaryl/α,β-unsaturated/α-hetero) is 1. The Hall–Kier alpha value is -2.60. The van der Waals surface area contributed by atoms with Crippen molar-refractivity contribution in [3.05, 3.63) is 58.4 Å². The third-order valence-corrected chi connectivity index (χ3v) is 3.22. The van der Waals surface area contributed by atoms with E-state index in [4.69, 9.17) is 21.1 Å². The van der Waals surface area contributed by atoms with E-state index in [1.165, 1.54) is 37.4 Å². The van der Waals surface area contributed by atoms with Crippen LogP contribution >= 0.6 is 11.6 Å². The monoisotopic (exact) mass is 338 g/mol. The molecule has 2 rings (SSSR count). The Bertz CT molecular complexity index is 760. The van der Waals surface area contributed by atoms with Crippen LogP contribution < -0.4 is 4.74 Å². The predicted molar refractivity (Wildman–Crippen MR) is 80.7 cm³/mol. The maximum Gasteiger partial charge on any atom is 0.342 e. The van der Waals surface area contributed by atoms with Gasteiger partial charge < -0.3 is 14.6 Å². The van der Waals surface area contributed by atoms with Crippen LogP contribution in [0.1, 0.15) is 20.7 Å². The Kier molecular flexibility index (Phi) is 5.18. The van der Waals surface area contributed by atoms with Gasteiger partial charge in [-0.1, -0.05) is 11.6 Å². The molecule has 0 aliphatic heterocycles. The Morgan fingerprint density at radius 1 is 1.22 bits per heavy atom. The third kappa shape index (κ3) is 3.98. The fraction of sp³-hybridized carbons (Fsp3) is 0.125. The molecule has 0 aromatic heterocycles. The van der Waals surface area contributed by atoms with Gasteiger partial charge in [0.15, 0.2) is 24.0 Å². The van der Waals surface area contributed by atoms with Crippen molar-refractivity contribution in [2.75, 3.05) is 13.7 Å². The van der Waals surface area contributed by atoms with Crippen molar-refractivity contribution >= 4 is 23.4 Å². The summed E-state index contributed by atoms with van der Waals surface area (Å²) in [4.78, 5) is 23.7. The number of ether oxygens (including phenoxy) is 2. The highest BCUT2D eigenvalue weighted by Crippen LogP contribution is 2.22. The van der Waals surface area contributed by atoms with Gasteiger partial charge in [-0.05, 0) is 36.4 Å². The van der Waals surface area contributed by atoms with Crippen molar-refractivity contribution in [3.8, 4) is 11.5 Å². The van der Waals surface area contributed by atoms with E-state index in [1.54, 1.807) is 0 Å². The summed E-state index contributed by atoms with van der Waals surface area (Å²) in [7, 11) is 1.30. The zero-order chi connectivity index (χ0) is 17.0. The molecule has 2 aromatic carbocycles. The minimum atomic E-state index is -0.910. The molecule has 1 N–H and O–H groups in total. The van der Waals surface area contributed by atoms with Gasteiger partial charge in [0, 0.05) is 10.6 Å². The van der Waals surface area contributed by atoms with Crippen LogP contribution in [0.15, 0.2) is 36.4 Å². The van der Waals surface area contributed by atoms with E-state index in [1.807, 2.05) is 0 Å². The molecule has 0 aliphatic carbocycles. The Labute approximate surface area is 136 Å². The largest absolute Gasteiger partial charge is 0.507 e. The normalized spacial score (nSPS) is 10.2. The number of halogens is 2. The first-order valence-corrected chi connectivity index (χ1v) is 6.82. The SMILES string of the molecule is COc1ccc(C(=O)COC(=O)c2cc(Cl)ccc2O)cc1F. The summed E-state index contributed by atoms with van der Waals surface area (Å²) >= 11 is 5.73. The van der Waals surface area contributed by atoms with Crippen LogP contribution in [0.25, 0.3) is 0 Å². The van der Waals surface area contributed by atoms with E-state index in [2.05, 4.69) is 0 Å². The number of phenolic OH excluding ortho intramolecular Hbond substituents is 1. The lowest BCUT2D eigenvalue weighted by molar-refractivity contribution is 0.0471. The lowest BCUT2D eigenvalue weighted by Crippen LogP contribution is -2.14. The van der Waals surface area contributed by atoms with Crippen molar-refractivity contribution in [2.45, 2.75) is 0 Å². The van der Waals surface area contributed by atoms with E-state index in [9.17, 15) is 19.1 Å². The highest BCUT2D eigenvalue weighted by atomic mass is 35.5. The van der Waals surface area contributed by atoms with Crippen LogP contribution in [0.5, 0.6) is 11.5 Å². The van der Waals surface area contributed by atoms with Crippen molar-refractivity contribution in [3.63, 3.8) is 0 Å². The van der Waals surface area contributed by atoms with Crippen molar-refractivity contribution < 1.29 is 28.6 Å². The lowest BCUT2D eigenvalue weighted by Gasteiger charge is -2.07. The van der Waals surface area contributed by atoms with Crippen LogP contribution in [0.4, 0.5) is 4.39 Å². The molecule has 0 aliphatic rings. The van der Waals surface area contributed by atoms with Crippen LogP contribution in [0.3, 0.4) is 0 Å². The molecule has 0 bridgehead atoms. The van der Waals surface area contributed by atoms with Crippen molar-refractivity contribution in [1.29, 1.82) is 0 Å². The molecule has 23 heavy (non-hydrogen) atoms. The number of carbonyl (C=O) groups excluding carboxylic acids is 2. The number of ketones is 1. The summed E-state index contributed by atoms with van der Waals surface area (Å²) in [5.41, 5.74) is -0.127. The standard InChI is InChI=1S/C16H12ClFO5/c1-22-15-5-2-9(6-12(15)18)14(20)8-23-16(21)11-7-10(17)3-4-13(11)19/h2-7,19H,8H2,1H3. The number of phenols is 1. The Morgan fingerprint density at radius 3 is 2.61 bits per heavy atom. The molecule has 0 atom stereocenters. The second kappa shape index (κ2) is 7.11. The van der Waals surface area contributed by atoms with Gasteiger partial charge >= 0.3 is 5.97 Å². The summed E-state index contributed by atoms with van der Waals surface area (Å²) in [5.74, 6) is -2.52. The number of esters is 1. The van der Waals surface area contributed by atoms with Gasteiger partial charge in [-0.3, -0.25) is 4.79 Å². The molecular weight excluding hydrogens is 327 g/mol. The van der Waals surface area contributed by atoms with Crippen LogP contribution in [-0.4, -0.2) is 30.6 Å². The van der Waals surface area contributed by atoms with Crippen molar-refractivity contribution in [2.24, 2.45) is 0 Å². The topological polar surface area (TPSA) is 72.8 Å². The van der Waals surface area contributed by atoms with E-state index in [0.717, 1.165) is 6.07 Å². The molecule has 5 nitrogen and oxygen atoms in total. The number of rotatable bonds is 5. The van der Waals surface area contributed by atoms with Gasteiger partial charge in [-0.2, -0.15) is 0 Å². The molecule has 0 amide bonds. The second-order valence-electron chi connectivity index (χ2n) is 4.51. The fourth-order valence-electron chi connectivity index (χ4n) is 1.80. The van der Waals surface area contributed by atoms with Gasteiger partial charge in [0.1, 0.15) is 11.3 Å². The second-order valence-corrected chi connectivity index (χ2v) is 4.95. The molecule has 0 fully saturated rings. The molecule has 0 spiro atoms. The maximum absolute atomic E-state index is 13.5. The molecule has 7 heteroatoms. The van der Waals surface area contributed by atoms with Gasteiger partial charge in [0.25, 0.3) is 0 Å². The first-order valence-electron chi connectivity index (χ1n) is 6.44. The highest BCUT2D eigenvalue weighted by molar-refractivity contribution is 6.31. The zero-order valence-corrected chi connectivity index (χ0v) is 12.8. The smallest absolute Gasteiger partial charge is 0.342 e. The first-order chi connectivity index (χ1) is 10.9. The summed E-state index contributed by atoms with van der Waals surface area (Å²) in [6.45, 7) is -0.601. The van der Waals surface area contributed by atoms with E-state index in [0.29, 0.717) is 0 Å². The van der Waals surface area contributed by atoms with Crippen LogP contribution in [-0.2, 0) is 4.74 Å². The Balaban J connectivity index is 2.05. The van der Waals surface area contributed by atoms with Gasteiger partial charge in [-0.15, -0.1) is 0 Å². The molecule has 0 heterocycles. The summed E-state index contributed by atoms with van der Waals surface area (Å²) in [6, 6.07) is 7.50. The minimum absolute atomic E-state index is 0.00222. The minimum Gasteiger partial charge on any atom is -0.507 e. The quantitative estimate of drug-likeness (QED) is 0.669. The van der Waals surface area contributed by atoms with E-state index >= 15 is 0 Å².